The fraction of sp³-hybridized carbons (Fsp3) is 0.455. The van der Waals surface area contributed by atoms with E-state index in [1.54, 1.807) is 7.11 Å². The molecule has 0 aromatic heterocycles. The summed E-state index contributed by atoms with van der Waals surface area (Å²) in [4.78, 5) is 0. The average molecular weight is 290 g/mol. The van der Waals surface area contributed by atoms with Gasteiger partial charge in [-0.05, 0) is 18.2 Å². The number of nitrogens with one attached hydrogen (secondary N) is 1. The Morgan fingerprint density at radius 3 is 2.75 bits per heavy atom. The van der Waals surface area contributed by atoms with Gasteiger partial charge >= 0.3 is 0 Å². The van der Waals surface area contributed by atoms with E-state index >= 15 is 0 Å². The fourth-order valence-corrected chi connectivity index (χ4v) is 1.87. The lowest BCUT2D eigenvalue weighted by molar-refractivity contribution is 0.224. The smallest absolute Gasteiger partial charge is 0.123 e. The highest BCUT2D eigenvalue weighted by Gasteiger charge is 2.14. The molecular weight excluding hydrogens is 274 g/mol. The van der Waals surface area contributed by atoms with Crippen molar-refractivity contribution < 1.29 is 14.9 Å². The molecule has 0 spiro atoms. The molecule has 3 N–H and O–H groups in total. The number of benzene rings is 1. The zero-order valence-corrected chi connectivity index (χ0v) is 10.7. The zero-order valence-electron chi connectivity index (χ0n) is 9.11. The van der Waals surface area contributed by atoms with Gasteiger partial charge in [-0.1, -0.05) is 15.9 Å². The van der Waals surface area contributed by atoms with Crippen LogP contribution in [0.1, 0.15) is 11.6 Å². The van der Waals surface area contributed by atoms with Crippen molar-refractivity contribution in [2.75, 3.05) is 26.9 Å². The molecule has 0 saturated heterocycles. The highest BCUT2D eigenvalue weighted by Crippen LogP contribution is 2.28. The monoisotopic (exact) mass is 289 g/mol. The maximum atomic E-state index is 9.30. The first-order valence-corrected chi connectivity index (χ1v) is 5.80. The van der Waals surface area contributed by atoms with E-state index in [-0.39, 0.29) is 19.3 Å². The quantitative estimate of drug-likeness (QED) is 0.733. The maximum absolute atomic E-state index is 9.30. The van der Waals surface area contributed by atoms with E-state index in [1.807, 2.05) is 18.2 Å². The number of aliphatic hydroxyl groups is 2. The second-order valence-corrected chi connectivity index (χ2v) is 4.21. The third-order valence-corrected chi connectivity index (χ3v) is 2.75. The topological polar surface area (TPSA) is 61.7 Å². The van der Waals surface area contributed by atoms with Crippen molar-refractivity contribution in [3.63, 3.8) is 0 Å². The van der Waals surface area contributed by atoms with Gasteiger partial charge in [0, 0.05) is 16.6 Å². The van der Waals surface area contributed by atoms with Crippen LogP contribution < -0.4 is 10.1 Å². The molecule has 0 amide bonds. The van der Waals surface area contributed by atoms with Gasteiger partial charge in [0.2, 0.25) is 0 Å². The third-order valence-electron chi connectivity index (χ3n) is 2.25. The van der Waals surface area contributed by atoms with Crippen LogP contribution >= 0.6 is 15.9 Å². The van der Waals surface area contributed by atoms with Crippen LogP contribution in [0.25, 0.3) is 0 Å². The van der Waals surface area contributed by atoms with Crippen LogP contribution in [0.2, 0.25) is 0 Å². The van der Waals surface area contributed by atoms with E-state index in [0.717, 1.165) is 10.0 Å². The number of halogens is 1. The Bertz CT molecular complexity index is 333. The Hall–Kier alpha value is -0.620. The lowest BCUT2D eigenvalue weighted by Gasteiger charge is -2.19. The van der Waals surface area contributed by atoms with Gasteiger partial charge in [-0.3, -0.25) is 0 Å². The summed E-state index contributed by atoms with van der Waals surface area (Å²) in [6, 6.07) is 5.37. The summed E-state index contributed by atoms with van der Waals surface area (Å²) in [5, 5.41) is 21.1. The van der Waals surface area contributed by atoms with Crippen molar-refractivity contribution in [2.45, 2.75) is 6.04 Å². The predicted molar refractivity (Wildman–Crippen MR) is 65.6 cm³/mol. The van der Waals surface area contributed by atoms with E-state index < -0.39 is 0 Å². The van der Waals surface area contributed by atoms with E-state index in [9.17, 15) is 5.11 Å². The first-order chi connectivity index (χ1) is 7.72. The molecule has 1 aromatic rings. The van der Waals surface area contributed by atoms with Crippen molar-refractivity contribution in [3.05, 3.63) is 28.2 Å². The first-order valence-electron chi connectivity index (χ1n) is 5.01. The zero-order chi connectivity index (χ0) is 12.0. The Balaban J connectivity index is 2.92. The van der Waals surface area contributed by atoms with Crippen LogP contribution in [-0.2, 0) is 0 Å². The normalized spacial score (nSPS) is 12.5. The summed E-state index contributed by atoms with van der Waals surface area (Å²) < 4.78 is 6.15. The highest BCUT2D eigenvalue weighted by molar-refractivity contribution is 9.10. The molecule has 0 bridgehead atoms. The number of methoxy groups -OCH3 is 1. The van der Waals surface area contributed by atoms with Gasteiger partial charge in [0.25, 0.3) is 0 Å². The second kappa shape index (κ2) is 6.85. The van der Waals surface area contributed by atoms with Crippen LogP contribution in [0.15, 0.2) is 22.7 Å². The van der Waals surface area contributed by atoms with Crippen molar-refractivity contribution in [1.29, 1.82) is 0 Å². The number of rotatable bonds is 6. The number of hydrogen-bond donors (Lipinski definition) is 3. The lowest BCUT2D eigenvalue weighted by Crippen LogP contribution is -2.27. The minimum atomic E-state index is -0.236. The molecule has 0 radical (unpaired) electrons. The van der Waals surface area contributed by atoms with Crippen molar-refractivity contribution in [2.24, 2.45) is 0 Å². The maximum Gasteiger partial charge on any atom is 0.123 e. The molecule has 90 valence electrons. The lowest BCUT2D eigenvalue weighted by atomic mass is 10.1. The molecule has 4 nitrogen and oxygen atoms in total. The molecule has 1 aromatic carbocycles. The third kappa shape index (κ3) is 3.45. The molecule has 1 atom stereocenters. The van der Waals surface area contributed by atoms with Crippen LogP contribution in [0.4, 0.5) is 0 Å². The molecule has 0 fully saturated rings. The summed E-state index contributed by atoms with van der Waals surface area (Å²) in [6.45, 7) is 0.417. The molecule has 0 aliphatic carbocycles. The number of aliphatic hydroxyl groups excluding tert-OH is 2. The summed E-state index contributed by atoms with van der Waals surface area (Å²) in [6.07, 6.45) is 0. The Morgan fingerprint density at radius 2 is 2.19 bits per heavy atom. The summed E-state index contributed by atoms with van der Waals surface area (Å²) in [7, 11) is 1.59. The van der Waals surface area contributed by atoms with Crippen molar-refractivity contribution >= 4 is 15.9 Å². The largest absolute Gasteiger partial charge is 0.496 e. The minimum Gasteiger partial charge on any atom is -0.496 e. The Morgan fingerprint density at radius 1 is 1.44 bits per heavy atom. The van der Waals surface area contributed by atoms with Gasteiger partial charge in [-0.2, -0.15) is 0 Å². The summed E-state index contributed by atoms with van der Waals surface area (Å²) in [5.74, 6) is 0.715. The minimum absolute atomic E-state index is 0.0345. The van der Waals surface area contributed by atoms with Gasteiger partial charge in [0.1, 0.15) is 5.75 Å². The second-order valence-electron chi connectivity index (χ2n) is 3.30. The molecule has 1 unspecified atom stereocenters. The molecule has 0 saturated carbocycles. The van der Waals surface area contributed by atoms with E-state index in [0.29, 0.717) is 12.3 Å². The van der Waals surface area contributed by atoms with Crippen LogP contribution in [0.5, 0.6) is 5.75 Å². The van der Waals surface area contributed by atoms with Gasteiger partial charge in [0.05, 0.1) is 26.4 Å². The van der Waals surface area contributed by atoms with Crippen LogP contribution in [0.3, 0.4) is 0 Å². The Labute approximate surface area is 103 Å². The molecule has 1 rings (SSSR count). The van der Waals surface area contributed by atoms with E-state index in [2.05, 4.69) is 21.2 Å². The van der Waals surface area contributed by atoms with Gasteiger partial charge in [-0.25, -0.2) is 0 Å². The molecule has 0 heterocycles. The molecule has 0 aliphatic rings. The van der Waals surface area contributed by atoms with E-state index in [4.69, 9.17) is 9.84 Å². The number of hydrogen-bond acceptors (Lipinski definition) is 4. The van der Waals surface area contributed by atoms with Crippen molar-refractivity contribution in [3.8, 4) is 5.75 Å². The molecule has 16 heavy (non-hydrogen) atoms. The van der Waals surface area contributed by atoms with Gasteiger partial charge in [-0.15, -0.1) is 0 Å². The summed E-state index contributed by atoms with van der Waals surface area (Å²) >= 11 is 3.38. The van der Waals surface area contributed by atoms with Gasteiger partial charge < -0.3 is 20.3 Å². The van der Waals surface area contributed by atoms with Crippen molar-refractivity contribution in [1.82, 2.24) is 5.32 Å². The average Bonchev–Trinajstić information content (AvgIpc) is 2.30. The predicted octanol–water partition coefficient (Wildman–Crippen LogP) is 1.07. The highest BCUT2D eigenvalue weighted by atomic mass is 79.9. The molecular formula is C11H16BrNO3. The van der Waals surface area contributed by atoms with Crippen LogP contribution in [0, 0.1) is 0 Å². The van der Waals surface area contributed by atoms with Crippen LogP contribution in [-0.4, -0.2) is 37.1 Å². The molecule has 5 heteroatoms. The fourth-order valence-electron chi connectivity index (χ4n) is 1.49. The number of ether oxygens (including phenoxy) is 1. The molecule has 0 aliphatic heterocycles. The van der Waals surface area contributed by atoms with Gasteiger partial charge in [0.15, 0.2) is 0 Å². The Kier molecular flexibility index (Phi) is 5.76. The standard InChI is InChI=1S/C11H16BrNO3/c1-16-11-3-2-8(12)6-9(11)10(7-15)13-4-5-14/h2-3,6,10,13-15H,4-5,7H2,1H3. The SMILES string of the molecule is COc1ccc(Br)cc1C(CO)NCCO. The van der Waals surface area contributed by atoms with E-state index in [1.165, 1.54) is 0 Å². The summed E-state index contributed by atoms with van der Waals surface area (Å²) in [5.41, 5.74) is 0.868. The first kappa shape index (κ1) is 13.4.